The van der Waals surface area contributed by atoms with Crippen LogP contribution in [0.3, 0.4) is 0 Å². The molecule has 0 aromatic carbocycles. The number of aromatic nitrogens is 1. The van der Waals surface area contributed by atoms with Crippen LogP contribution in [0.25, 0.3) is 0 Å². The van der Waals surface area contributed by atoms with Crippen LogP contribution in [0.5, 0.6) is 0 Å². The van der Waals surface area contributed by atoms with Crippen LogP contribution in [-0.2, 0) is 16.0 Å². The first kappa shape index (κ1) is 14.0. The molecule has 0 saturated carbocycles. The minimum atomic E-state index is -0.894. The Labute approximate surface area is 116 Å². The minimum absolute atomic E-state index is 0.0745. The van der Waals surface area contributed by atoms with E-state index >= 15 is 0 Å². The Bertz CT molecular complexity index is 447. The molecule has 2 heterocycles. The Balaban J connectivity index is 1.94. The van der Waals surface area contributed by atoms with Crippen molar-refractivity contribution < 1.29 is 14.7 Å². The molecule has 1 aromatic heterocycles. The van der Waals surface area contributed by atoms with Crippen molar-refractivity contribution in [2.45, 2.75) is 38.6 Å². The first-order valence-electron chi connectivity index (χ1n) is 6.48. The maximum atomic E-state index is 12.2. The van der Waals surface area contributed by atoms with Gasteiger partial charge in [-0.05, 0) is 18.8 Å². The molecule has 104 valence electrons. The van der Waals surface area contributed by atoms with Crippen LogP contribution in [0.15, 0.2) is 11.6 Å². The topological polar surface area (TPSA) is 70.5 Å². The third-order valence-corrected chi connectivity index (χ3v) is 4.35. The molecule has 1 N–H and O–H groups in total. The van der Waals surface area contributed by atoms with Gasteiger partial charge in [-0.15, -0.1) is 11.3 Å². The van der Waals surface area contributed by atoms with E-state index in [0.717, 1.165) is 11.4 Å². The molecule has 0 aliphatic carbocycles. The number of likely N-dealkylation sites (tertiary alicyclic amines) is 1. The normalized spacial score (nSPS) is 23.3. The van der Waals surface area contributed by atoms with Crippen molar-refractivity contribution in [3.05, 3.63) is 16.6 Å². The Kier molecular flexibility index (Phi) is 4.52. The van der Waals surface area contributed by atoms with Gasteiger partial charge >= 0.3 is 5.97 Å². The van der Waals surface area contributed by atoms with Gasteiger partial charge in [0.1, 0.15) is 6.04 Å². The summed E-state index contributed by atoms with van der Waals surface area (Å²) in [6.07, 6.45) is 4.08. The monoisotopic (exact) mass is 282 g/mol. The van der Waals surface area contributed by atoms with Crippen molar-refractivity contribution >= 4 is 23.2 Å². The molecule has 1 fully saturated rings. The Morgan fingerprint density at radius 3 is 3.00 bits per heavy atom. The lowest BCUT2D eigenvalue weighted by atomic mass is 9.92. The third-order valence-electron chi connectivity index (χ3n) is 3.51. The predicted molar refractivity (Wildman–Crippen MR) is 72.0 cm³/mol. The molecule has 1 aromatic rings. The second-order valence-electron chi connectivity index (χ2n) is 5.00. The molecular formula is C13H18N2O3S. The number of nitrogens with zero attached hydrogens (tertiary/aromatic N) is 2. The van der Waals surface area contributed by atoms with E-state index in [1.54, 1.807) is 6.20 Å². The summed E-state index contributed by atoms with van der Waals surface area (Å²) in [4.78, 5) is 29.1. The Morgan fingerprint density at radius 2 is 2.37 bits per heavy atom. The van der Waals surface area contributed by atoms with Crippen molar-refractivity contribution in [1.82, 2.24) is 9.88 Å². The number of hydrogen-bond acceptors (Lipinski definition) is 4. The number of thiazole rings is 1. The van der Waals surface area contributed by atoms with Crippen LogP contribution in [0.2, 0.25) is 0 Å². The Hall–Kier alpha value is -1.43. The number of piperidine rings is 1. The van der Waals surface area contributed by atoms with E-state index in [4.69, 9.17) is 0 Å². The SMILES string of the molecule is CC1CCN(C(=O)CCc2nccs2)C(C(=O)O)C1. The van der Waals surface area contributed by atoms with Crippen LogP contribution in [-0.4, -0.2) is 39.5 Å². The van der Waals surface area contributed by atoms with Crippen LogP contribution in [0, 0.1) is 5.92 Å². The van der Waals surface area contributed by atoms with Crippen molar-refractivity contribution in [2.75, 3.05) is 6.54 Å². The van der Waals surface area contributed by atoms with Gasteiger partial charge in [-0.1, -0.05) is 6.92 Å². The van der Waals surface area contributed by atoms with Gasteiger partial charge < -0.3 is 10.0 Å². The lowest BCUT2D eigenvalue weighted by Crippen LogP contribution is -2.49. The fourth-order valence-electron chi connectivity index (χ4n) is 2.41. The fourth-order valence-corrected chi connectivity index (χ4v) is 3.03. The maximum Gasteiger partial charge on any atom is 0.326 e. The first-order chi connectivity index (χ1) is 9.08. The Morgan fingerprint density at radius 1 is 1.58 bits per heavy atom. The number of hydrogen-bond donors (Lipinski definition) is 1. The summed E-state index contributed by atoms with van der Waals surface area (Å²) >= 11 is 1.52. The van der Waals surface area contributed by atoms with Crippen molar-refractivity contribution in [1.29, 1.82) is 0 Å². The molecule has 1 aliphatic heterocycles. The minimum Gasteiger partial charge on any atom is -0.480 e. The molecule has 2 atom stereocenters. The van der Waals surface area contributed by atoms with E-state index < -0.39 is 12.0 Å². The summed E-state index contributed by atoms with van der Waals surface area (Å²) in [7, 11) is 0. The second-order valence-corrected chi connectivity index (χ2v) is 5.98. The van der Waals surface area contributed by atoms with Gasteiger partial charge in [-0.25, -0.2) is 9.78 Å². The molecule has 2 rings (SSSR count). The van der Waals surface area contributed by atoms with Gasteiger partial charge in [-0.3, -0.25) is 4.79 Å². The number of carboxylic acid groups (broad SMARTS) is 1. The lowest BCUT2D eigenvalue weighted by molar-refractivity contribution is -0.153. The zero-order valence-corrected chi connectivity index (χ0v) is 11.7. The van der Waals surface area contributed by atoms with Gasteiger partial charge in [0.15, 0.2) is 0 Å². The predicted octanol–water partition coefficient (Wildman–Crippen LogP) is 1.79. The number of aryl methyl sites for hydroxylation is 1. The summed E-state index contributed by atoms with van der Waals surface area (Å²) in [5, 5.41) is 12.0. The number of carbonyl (C=O) groups excluding carboxylic acids is 1. The summed E-state index contributed by atoms with van der Waals surface area (Å²) in [5.74, 6) is -0.604. The van der Waals surface area contributed by atoms with Crippen molar-refractivity contribution in [3.8, 4) is 0 Å². The molecule has 5 nitrogen and oxygen atoms in total. The quantitative estimate of drug-likeness (QED) is 0.914. The summed E-state index contributed by atoms with van der Waals surface area (Å²) in [6, 6.07) is -0.660. The van der Waals surface area contributed by atoms with E-state index in [2.05, 4.69) is 4.98 Å². The highest BCUT2D eigenvalue weighted by Gasteiger charge is 2.34. The molecule has 1 amide bonds. The highest BCUT2D eigenvalue weighted by Crippen LogP contribution is 2.23. The zero-order chi connectivity index (χ0) is 13.8. The van der Waals surface area contributed by atoms with Crippen molar-refractivity contribution in [3.63, 3.8) is 0 Å². The molecule has 6 heteroatoms. The average Bonchev–Trinajstić information content (AvgIpc) is 2.88. The maximum absolute atomic E-state index is 12.2. The van der Waals surface area contributed by atoms with Gasteiger partial charge in [0.25, 0.3) is 0 Å². The molecule has 1 saturated heterocycles. The van der Waals surface area contributed by atoms with E-state index in [9.17, 15) is 14.7 Å². The molecule has 1 aliphatic rings. The average molecular weight is 282 g/mol. The van der Waals surface area contributed by atoms with Gasteiger partial charge in [0.2, 0.25) is 5.91 Å². The van der Waals surface area contributed by atoms with Gasteiger partial charge in [-0.2, -0.15) is 0 Å². The van der Waals surface area contributed by atoms with Crippen LogP contribution in [0.4, 0.5) is 0 Å². The van der Waals surface area contributed by atoms with Crippen LogP contribution >= 0.6 is 11.3 Å². The van der Waals surface area contributed by atoms with Crippen LogP contribution in [0.1, 0.15) is 31.2 Å². The third kappa shape index (κ3) is 3.53. The number of carbonyl (C=O) groups is 2. The highest BCUT2D eigenvalue weighted by molar-refractivity contribution is 7.09. The van der Waals surface area contributed by atoms with E-state index in [1.807, 2.05) is 12.3 Å². The molecular weight excluding hydrogens is 264 g/mol. The first-order valence-corrected chi connectivity index (χ1v) is 7.36. The molecule has 0 spiro atoms. The molecule has 0 bridgehead atoms. The largest absolute Gasteiger partial charge is 0.480 e. The van der Waals surface area contributed by atoms with E-state index in [-0.39, 0.29) is 5.91 Å². The summed E-state index contributed by atoms with van der Waals surface area (Å²) in [6.45, 7) is 2.59. The summed E-state index contributed by atoms with van der Waals surface area (Å²) in [5.41, 5.74) is 0. The highest BCUT2D eigenvalue weighted by atomic mass is 32.1. The second kappa shape index (κ2) is 6.14. The van der Waals surface area contributed by atoms with Gasteiger partial charge in [0.05, 0.1) is 5.01 Å². The van der Waals surface area contributed by atoms with E-state index in [0.29, 0.717) is 31.7 Å². The van der Waals surface area contributed by atoms with Crippen LogP contribution < -0.4 is 0 Å². The molecule has 0 radical (unpaired) electrons. The summed E-state index contributed by atoms with van der Waals surface area (Å²) < 4.78 is 0. The number of aliphatic carboxylic acids is 1. The van der Waals surface area contributed by atoms with Crippen molar-refractivity contribution in [2.24, 2.45) is 5.92 Å². The fraction of sp³-hybridized carbons (Fsp3) is 0.615. The number of rotatable bonds is 4. The standard InChI is InChI=1S/C13H18N2O3S/c1-9-4-6-15(10(8-9)13(17)18)12(16)3-2-11-14-5-7-19-11/h5,7,9-10H,2-4,6,8H2,1H3,(H,17,18). The van der Waals surface area contributed by atoms with Gasteiger partial charge in [0, 0.05) is 31.0 Å². The van der Waals surface area contributed by atoms with E-state index in [1.165, 1.54) is 16.2 Å². The number of amides is 1. The number of carboxylic acids is 1. The zero-order valence-electron chi connectivity index (χ0n) is 10.9. The molecule has 2 unspecified atom stereocenters. The lowest BCUT2D eigenvalue weighted by Gasteiger charge is -2.36. The molecule has 19 heavy (non-hydrogen) atoms. The smallest absolute Gasteiger partial charge is 0.326 e.